The van der Waals surface area contributed by atoms with Crippen LogP contribution in [0, 0.1) is 6.92 Å². The Hall–Kier alpha value is -1.52. The van der Waals surface area contributed by atoms with Gasteiger partial charge in [-0.1, -0.05) is 27.5 Å². The number of hydrogen-bond acceptors (Lipinski definition) is 3. The van der Waals surface area contributed by atoms with Crippen LogP contribution in [0.4, 0.5) is 5.69 Å². The van der Waals surface area contributed by atoms with Gasteiger partial charge in [0.05, 0.1) is 7.11 Å². The van der Waals surface area contributed by atoms with Crippen molar-refractivity contribution in [1.82, 2.24) is 0 Å². The van der Waals surface area contributed by atoms with Gasteiger partial charge >= 0.3 is 0 Å². The summed E-state index contributed by atoms with van der Waals surface area (Å²) in [6.45, 7) is 1.90. The van der Waals surface area contributed by atoms with Gasteiger partial charge in [0.1, 0.15) is 17.2 Å². The van der Waals surface area contributed by atoms with Crippen molar-refractivity contribution in [3.05, 3.63) is 51.0 Å². The summed E-state index contributed by atoms with van der Waals surface area (Å²) in [6, 6.07) is 8.72. The molecule has 104 valence electrons. The predicted molar refractivity (Wildman–Crippen MR) is 85.8 cm³/mol. The molecule has 0 aromatic heterocycles. The van der Waals surface area contributed by atoms with Crippen LogP contribution in [-0.2, 0) is 0 Å². The first-order valence-corrected chi connectivity index (χ1v) is 7.05. The monoisotopic (exact) mass is 353 g/mol. The summed E-state index contributed by atoms with van der Waals surface area (Å²) in [7, 11) is 1.57. The topological polar surface area (TPSA) is 41.8 Å². The second-order valence-electron chi connectivity index (χ2n) is 4.23. The van der Waals surface area contributed by atoms with Crippen LogP contribution in [0.15, 0.2) is 39.8 Å². The van der Waals surface area contributed by atoms with E-state index in [1.165, 1.54) is 0 Å². The maximum Gasteiger partial charge on any atom is 0.145 e. The summed E-state index contributed by atoms with van der Waals surface area (Å²) in [5, 5.41) is 10.4. The molecule has 0 spiro atoms. The zero-order valence-corrected chi connectivity index (χ0v) is 13.4. The number of nitrogens with zero attached hydrogens (tertiary/aromatic N) is 1. The molecule has 2 rings (SSSR count). The van der Waals surface area contributed by atoms with Crippen molar-refractivity contribution < 1.29 is 9.84 Å². The molecule has 0 amide bonds. The summed E-state index contributed by atoms with van der Waals surface area (Å²) < 4.78 is 6.12. The van der Waals surface area contributed by atoms with Crippen LogP contribution in [0.25, 0.3) is 0 Å². The molecule has 0 fully saturated rings. The number of benzene rings is 2. The highest BCUT2D eigenvalue weighted by molar-refractivity contribution is 9.10. The summed E-state index contributed by atoms with van der Waals surface area (Å²) in [6.07, 6.45) is 1.59. The van der Waals surface area contributed by atoms with Crippen molar-refractivity contribution in [2.75, 3.05) is 7.11 Å². The lowest BCUT2D eigenvalue weighted by Gasteiger charge is -2.07. The van der Waals surface area contributed by atoms with Gasteiger partial charge in [0.25, 0.3) is 0 Å². The molecule has 20 heavy (non-hydrogen) atoms. The van der Waals surface area contributed by atoms with Gasteiger partial charge in [-0.3, -0.25) is 4.99 Å². The number of aryl methyl sites for hydroxylation is 1. The van der Waals surface area contributed by atoms with E-state index in [2.05, 4.69) is 20.9 Å². The molecule has 0 unspecified atom stereocenters. The number of aliphatic imine (C=N–C) groups is 1. The van der Waals surface area contributed by atoms with Crippen LogP contribution in [0.5, 0.6) is 11.5 Å². The lowest BCUT2D eigenvalue weighted by Crippen LogP contribution is -1.87. The largest absolute Gasteiger partial charge is 0.507 e. The first-order valence-electron chi connectivity index (χ1n) is 5.88. The molecule has 5 heteroatoms. The number of rotatable bonds is 3. The van der Waals surface area contributed by atoms with Crippen LogP contribution in [0.3, 0.4) is 0 Å². The van der Waals surface area contributed by atoms with Gasteiger partial charge in [-0.05, 0) is 36.8 Å². The van der Waals surface area contributed by atoms with E-state index in [0.717, 1.165) is 10.0 Å². The molecule has 0 bridgehead atoms. The molecule has 0 aliphatic rings. The van der Waals surface area contributed by atoms with Crippen LogP contribution < -0.4 is 4.74 Å². The Balaban J connectivity index is 2.40. The fraction of sp³-hybridized carbons (Fsp3) is 0.133. The minimum atomic E-state index is 0.168. The SMILES string of the molecule is COc1cc(Cl)c(C)cc1N=Cc1cc(Br)ccc1O. The zero-order chi connectivity index (χ0) is 14.7. The van der Waals surface area contributed by atoms with Crippen LogP contribution >= 0.6 is 27.5 Å². The maximum absolute atomic E-state index is 9.77. The lowest BCUT2D eigenvalue weighted by molar-refractivity contribution is 0.416. The van der Waals surface area contributed by atoms with E-state index < -0.39 is 0 Å². The Morgan fingerprint density at radius 1 is 1.30 bits per heavy atom. The van der Waals surface area contributed by atoms with E-state index >= 15 is 0 Å². The highest BCUT2D eigenvalue weighted by Gasteiger charge is 2.06. The number of phenolic OH excluding ortho intramolecular Hbond substituents is 1. The van der Waals surface area contributed by atoms with Crippen LogP contribution in [0.1, 0.15) is 11.1 Å². The minimum Gasteiger partial charge on any atom is -0.507 e. The van der Waals surface area contributed by atoms with Gasteiger partial charge in [-0.15, -0.1) is 0 Å². The molecule has 2 aromatic rings. The van der Waals surface area contributed by atoms with Crippen molar-refractivity contribution in [2.45, 2.75) is 6.92 Å². The third kappa shape index (κ3) is 3.32. The number of aromatic hydroxyl groups is 1. The quantitative estimate of drug-likeness (QED) is 0.799. The Labute approximate surface area is 131 Å². The minimum absolute atomic E-state index is 0.168. The van der Waals surface area contributed by atoms with Crippen molar-refractivity contribution >= 4 is 39.4 Å². The second-order valence-corrected chi connectivity index (χ2v) is 5.56. The normalized spacial score (nSPS) is 11.0. The Kier molecular flexibility index (Phi) is 4.68. The molecule has 0 aliphatic heterocycles. The van der Waals surface area contributed by atoms with Gasteiger partial charge in [0.2, 0.25) is 0 Å². The summed E-state index contributed by atoms with van der Waals surface area (Å²) in [5.41, 5.74) is 2.20. The molecule has 1 N–H and O–H groups in total. The van der Waals surface area contributed by atoms with E-state index in [9.17, 15) is 5.11 Å². The van der Waals surface area contributed by atoms with Gasteiger partial charge < -0.3 is 9.84 Å². The Morgan fingerprint density at radius 3 is 2.75 bits per heavy atom. The molecular weight excluding hydrogens is 342 g/mol. The highest BCUT2D eigenvalue weighted by atomic mass is 79.9. The summed E-state index contributed by atoms with van der Waals surface area (Å²) >= 11 is 9.41. The number of phenols is 1. The average molecular weight is 355 g/mol. The predicted octanol–water partition coefficient (Wildman–Crippen LogP) is 4.88. The molecule has 0 saturated carbocycles. The van der Waals surface area contributed by atoms with E-state index in [1.807, 2.05) is 13.0 Å². The molecule has 3 nitrogen and oxygen atoms in total. The zero-order valence-electron chi connectivity index (χ0n) is 11.0. The Bertz CT molecular complexity index is 671. The molecular formula is C15H13BrClNO2. The number of ether oxygens (including phenoxy) is 1. The van der Waals surface area contributed by atoms with Gasteiger partial charge in [0.15, 0.2) is 0 Å². The third-order valence-corrected chi connectivity index (χ3v) is 3.69. The first kappa shape index (κ1) is 14.9. The van der Waals surface area contributed by atoms with E-state index in [-0.39, 0.29) is 5.75 Å². The lowest BCUT2D eigenvalue weighted by atomic mass is 10.2. The van der Waals surface area contributed by atoms with Crippen molar-refractivity contribution in [2.24, 2.45) is 4.99 Å². The van der Waals surface area contributed by atoms with Gasteiger partial charge in [-0.2, -0.15) is 0 Å². The third-order valence-electron chi connectivity index (χ3n) is 2.79. The smallest absolute Gasteiger partial charge is 0.145 e. The van der Waals surface area contributed by atoms with E-state index in [4.69, 9.17) is 16.3 Å². The molecule has 0 saturated heterocycles. The maximum atomic E-state index is 9.77. The van der Waals surface area contributed by atoms with Crippen molar-refractivity contribution in [3.63, 3.8) is 0 Å². The van der Waals surface area contributed by atoms with Gasteiger partial charge in [0, 0.05) is 27.3 Å². The highest BCUT2D eigenvalue weighted by Crippen LogP contribution is 2.33. The van der Waals surface area contributed by atoms with Crippen LogP contribution in [0.2, 0.25) is 5.02 Å². The fourth-order valence-corrected chi connectivity index (χ4v) is 2.21. The molecule has 0 aliphatic carbocycles. The average Bonchev–Trinajstić information content (AvgIpc) is 2.43. The first-order chi connectivity index (χ1) is 9.51. The Morgan fingerprint density at radius 2 is 2.05 bits per heavy atom. The second kappa shape index (κ2) is 6.29. The van der Waals surface area contributed by atoms with Crippen molar-refractivity contribution in [3.8, 4) is 11.5 Å². The fourth-order valence-electron chi connectivity index (χ4n) is 1.68. The van der Waals surface area contributed by atoms with Gasteiger partial charge in [-0.25, -0.2) is 0 Å². The standard InChI is InChI=1S/C15H13BrClNO2/c1-9-5-13(15(20-2)7-12(9)17)18-8-10-6-11(16)3-4-14(10)19/h3-8,19H,1-2H3. The summed E-state index contributed by atoms with van der Waals surface area (Å²) in [5.74, 6) is 0.757. The van der Waals surface area contributed by atoms with E-state index in [0.29, 0.717) is 22.0 Å². The summed E-state index contributed by atoms with van der Waals surface area (Å²) in [4.78, 5) is 4.36. The number of methoxy groups -OCH3 is 1. The van der Waals surface area contributed by atoms with E-state index in [1.54, 1.807) is 37.6 Å². The molecule has 0 heterocycles. The van der Waals surface area contributed by atoms with Crippen LogP contribution in [-0.4, -0.2) is 18.4 Å². The molecule has 2 aromatic carbocycles. The molecule has 0 atom stereocenters. The number of halogens is 2. The molecule has 0 radical (unpaired) electrons. The number of hydrogen-bond donors (Lipinski definition) is 1. The van der Waals surface area contributed by atoms with Crippen molar-refractivity contribution in [1.29, 1.82) is 0 Å².